The van der Waals surface area contributed by atoms with E-state index in [0.29, 0.717) is 23.9 Å². The van der Waals surface area contributed by atoms with Crippen molar-refractivity contribution in [2.75, 3.05) is 6.54 Å². The van der Waals surface area contributed by atoms with E-state index < -0.39 is 10.0 Å². The summed E-state index contributed by atoms with van der Waals surface area (Å²) in [6, 6.07) is 1.33. The number of hydrogen-bond acceptors (Lipinski definition) is 4. The smallest absolute Gasteiger partial charge is 0.252 e. The maximum atomic E-state index is 11.9. The summed E-state index contributed by atoms with van der Waals surface area (Å²) < 4.78 is 22.3. The highest BCUT2D eigenvalue weighted by molar-refractivity contribution is 7.91. The van der Waals surface area contributed by atoms with E-state index >= 15 is 0 Å². The van der Waals surface area contributed by atoms with Crippen LogP contribution in [-0.4, -0.2) is 20.9 Å². The average Bonchev–Trinajstić information content (AvgIpc) is 2.93. The summed E-state index contributed by atoms with van der Waals surface area (Å²) >= 11 is 0.970. The van der Waals surface area contributed by atoms with Crippen molar-refractivity contribution in [3.8, 4) is 0 Å². The Hall–Kier alpha value is -0.920. The standard InChI is InChI=1S/C12H18N2O3S2/c1-8-3-2-4-9(8)6-14-12(15)10-5-11(18-7-10)19(13,16)17/h5,7-9H,2-4,6H2,1H3,(H,14,15)(H2,13,16,17). The number of hydrogen-bond donors (Lipinski definition) is 2. The fraction of sp³-hybridized carbons (Fsp3) is 0.583. The molecule has 0 saturated heterocycles. The molecule has 1 saturated carbocycles. The molecule has 106 valence electrons. The van der Waals surface area contributed by atoms with Crippen molar-refractivity contribution in [3.05, 3.63) is 17.0 Å². The van der Waals surface area contributed by atoms with Crippen LogP contribution in [0.4, 0.5) is 0 Å². The molecular formula is C12H18N2O3S2. The second kappa shape index (κ2) is 5.60. The van der Waals surface area contributed by atoms with E-state index in [1.54, 1.807) is 0 Å². The van der Waals surface area contributed by atoms with Gasteiger partial charge in [0.1, 0.15) is 4.21 Å². The van der Waals surface area contributed by atoms with E-state index in [1.165, 1.54) is 24.3 Å². The number of thiophene rings is 1. The Morgan fingerprint density at radius 3 is 2.79 bits per heavy atom. The lowest BCUT2D eigenvalue weighted by Gasteiger charge is -2.15. The lowest BCUT2D eigenvalue weighted by Crippen LogP contribution is -2.30. The van der Waals surface area contributed by atoms with Gasteiger partial charge in [0.2, 0.25) is 10.0 Å². The molecule has 2 atom stereocenters. The molecule has 1 amide bonds. The Kier molecular flexibility index (Phi) is 4.27. The van der Waals surface area contributed by atoms with Crippen molar-refractivity contribution >= 4 is 27.3 Å². The monoisotopic (exact) mass is 302 g/mol. The third kappa shape index (κ3) is 3.55. The summed E-state index contributed by atoms with van der Waals surface area (Å²) in [7, 11) is -3.72. The van der Waals surface area contributed by atoms with E-state index in [1.807, 2.05) is 0 Å². The summed E-state index contributed by atoms with van der Waals surface area (Å²) in [5, 5.41) is 9.40. The van der Waals surface area contributed by atoms with Crippen LogP contribution in [0.25, 0.3) is 0 Å². The van der Waals surface area contributed by atoms with E-state index in [9.17, 15) is 13.2 Å². The number of carbonyl (C=O) groups excluding carboxylic acids is 1. The van der Waals surface area contributed by atoms with Gasteiger partial charge in [-0.2, -0.15) is 0 Å². The van der Waals surface area contributed by atoms with Gasteiger partial charge in [-0.05, 0) is 24.3 Å². The van der Waals surface area contributed by atoms with Gasteiger partial charge < -0.3 is 5.32 Å². The Labute approximate surface area is 117 Å². The first kappa shape index (κ1) is 14.5. The van der Waals surface area contributed by atoms with Gasteiger partial charge in [-0.15, -0.1) is 11.3 Å². The molecule has 0 bridgehead atoms. The summed E-state index contributed by atoms with van der Waals surface area (Å²) in [6.45, 7) is 2.86. The van der Waals surface area contributed by atoms with Crippen molar-refractivity contribution in [1.82, 2.24) is 5.32 Å². The van der Waals surface area contributed by atoms with E-state index in [0.717, 1.165) is 17.8 Å². The molecule has 0 radical (unpaired) electrons. The maximum Gasteiger partial charge on any atom is 0.252 e. The van der Waals surface area contributed by atoms with E-state index in [4.69, 9.17) is 5.14 Å². The van der Waals surface area contributed by atoms with Gasteiger partial charge in [0.25, 0.3) is 5.91 Å². The molecule has 0 aromatic carbocycles. The zero-order chi connectivity index (χ0) is 14.0. The summed E-state index contributed by atoms with van der Waals surface area (Å²) in [6.07, 6.45) is 3.58. The normalized spacial score (nSPS) is 23.5. The first-order valence-electron chi connectivity index (χ1n) is 6.27. The topological polar surface area (TPSA) is 89.3 Å². The third-order valence-corrected chi connectivity index (χ3v) is 6.07. The molecule has 2 rings (SSSR count). The van der Waals surface area contributed by atoms with E-state index in [-0.39, 0.29) is 10.1 Å². The van der Waals surface area contributed by atoms with Crippen LogP contribution >= 0.6 is 11.3 Å². The molecule has 1 fully saturated rings. The molecule has 3 N–H and O–H groups in total. The van der Waals surface area contributed by atoms with Crippen LogP contribution in [0.5, 0.6) is 0 Å². The second-order valence-electron chi connectivity index (χ2n) is 5.08. The number of amides is 1. The number of sulfonamides is 1. The zero-order valence-corrected chi connectivity index (χ0v) is 12.4. The highest BCUT2D eigenvalue weighted by Gasteiger charge is 2.24. The lowest BCUT2D eigenvalue weighted by atomic mass is 9.98. The molecule has 19 heavy (non-hydrogen) atoms. The van der Waals surface area contributed by atoms with Crippen LogP contribution in [0.1, 0.15) is 36.5 Å². The third-order valence-electron chi connectivity index (χ3n) is 3.68. The van der Waals surface area contributed by atoms with Crippen molar-refractivity contribution in [2.24, 2.45) is 17.0 Å². The van der Waals surface area contributed by atoms with Crippen molar-refractivity contribution in [2.45, 2.75) is 30.4 Å². The molecule has 5 nitrogen and oxygen atoms in total. The minimum atomic E-state index is -3.72. The van der Waals surface area contributed by atoms with Crippen LogP contribution in [0.15, 0.2) is 15.7 Å². The SMILES string of the molecule is CC1CCCC1CNC(=O)c1csc(S(N)(=O)=O)c1. The quantitative estimate of drug-likeness (QED) is 0.884. The Morgan fingerprint density at radius 2 is 2.26 bits per heavy atom. The van der Waals surface area contributed by atoms with Gasteiger partial charge in [-0.3, -0.25) is 4.79 Å². The molecule has 1 aromatic rings. The Morgan fingerprint density at radius 1 is 1.53 bits per heavy atom. The fourth-order valence-electron chi connectivity index (χ4n) is 2.44. The predicted molar refractivity (Wildman–Crippen MR) is 74.5 cm³/mol. The molecule has 0 aliphatic heterocycles. The summed E-state index contributed by atoms with van der Waals surface area (Å²) in [5.74, 6) is 0.938. The van der Waals surface area contributed by atoms with Crippen LogP contribution in [-0.2, 0) is 10.0 Å². The lowest BCUT2D eigenvalue weighted by molar-refractivity contribution is 0.0945. The molecule has 1 aromatic heterocycles. The average molecular weight is 302 g/mol. The highest BCUT2D eigenvalue weighted by Crippen LogP contribution is 2.30. The molecule has 0 spiro atoms. The molecule has 2 unspecified atom stereocenters. The molecule has 1 aliphatic rings. The van der Waals surface area contributed by atoms with Gasteiger partial charge in [0.15, 0.2) is 0 Å². The maximum absolute atomic E-state index is 11.9. The predicted octanol–water partition coefficient (Wildman–Crippen LogP) is 1.56. The van der Waals surface area contributed by atoms with Gasteiger partial charge in [-0.25, -0.2) is 13.6 Å². The number of primary sulfonamides is 1. The second-order valence-corrected chi connectivity index (χ2v) is 7.78. The fourth-order valence-corrected chi connectivity index (χ4v) is 4.02. The van der Waals surface area contributed by atoms with Crippen molar-refractivity contribution < 1.29 is 13.2 Å². The van der Waals surface area contributed by atoms with Crippen LogP contribution in [0.2, 0.25) is 0 Å². The van der Waals surface area contributed by atoms with Crippen LogP contribution in [0, 0.1) is 11.8 Å². The van der Waals surface area contributed by atoms with Gasteiger partial charge in [0.05, 0.1) is 5.56 Å². The number of nitrogens with one attached hydrogen (secondary N) is 1. The van der Waals surface area contributed by atoms with Gasteiger partial charge >= 0.3 is 0 Å². The molecular weight excluding hydrogens is 284 g/mol. The van der Waals surface area contributed by atoms with Crippen molar-refractivity contribution in [3.63, 3.8) is 0 Å². The Balaban J connectivity index is 1.95. The van der Waals surface area contributed by atoms with E-state index in [2.05, 4.69) is 12.2 Å². The number of carbonyl (C=O) groups is 1. The number of rotatable bonds is 4. The minimum Gasteiger partial charge on any atom is -0.352 e. The molecule has 1 aliphatic carbocycles. The largest absolute Gasteiger partial charge is 0.352 e. The zero-order valence-electron chi connectivity index (χ0n) is 10.8. The van der Waals surface area contributed by atoms with Crippen LogP contribution < -0.4 is 10.5 Å². The molecule has 1 heterocycles. The van der Waals surface area contributed by atoms with Gasteiger partial charge in [0, 0.05) is 11.9 Å². The Bertz CT molecular complexity index is 565. The van der Waals surface area contributed by atoms with Crippen LogP contribution in [0.3, 0.4) is 0 Å². The summed E-state index contributed by atoms with van der Waals surface area (Å²) in [5.41, 5.74) is 0.361. The first-order chi connectivity index (χ1) is 8.88. The van der Waals surface area contributed by atoms with Crippen molar-refractivity contribution in [1.29, 1.82) is 0 Å². The van der Waals surface area contributed by atoms with Gasteiger partial charge in [-0.1, -0.05) is 19.8 Å². The highest BCUT2D eigenvalue weighted by atomic mass is 32.2. The molecule has 7 heteroatoms. The minimum absolute atomic E-state index is 0.0203. The first-order valence-corrected chi connectivity index (χ1v) is 8.70. The number of nitrogens with two attached hydrogens (primary N) is 1. The summed E-state index contributed by atoms with van der Waals surface area (Å²) in [4.78, 5) is 11.9.